The van der Waals surface area contributed by atoms with E-state index in [1.807, 2.05) is 12.1 Å². The second-order valence-corrected chi connectivity index (χ2v) is 4.16. The molecule has 0 bridgehead atoms. The van der Waals surface area contributed by atoms with Crippen LogP contribution in [0.15, 0.2) is 40.3 Å². The molecule has 0 spiro atoms. The van der Waals surface area contributed by atoms with Crippen molar-refractivity contribution >= 4 is 27.4 Å². The predicted octanol–water partition coefficient (Wildman–Crippen LogP) is 3.14. The van der Waals surface area contributed by atoms with Crippen molar-refractivity contribution in [3.63, 3.8) is 0 Å². The summed E-state index contributed by atoms with van der Waals surface area (Å²) in [6.07, 6.45) is 1.59. The second-order valence-electron chi connectivity index (χ2n) is 3.21. The van der Waals surface area contributed by atoms with Gasteiger partial charge in [0.25, 0.3) is 6.01 Å². The van der Waals surface area contributed by atoms with E-state index in [1.165, 1.54) is 10.1 Å². The number of oxazole rings is 1. The quantitative estimate of drug-likeness (QED) is 0.679. The van der Waals surface area contributed by atoms with Gasteiger partial charge in [0, 0.05) is 15.6 Å². The second kappa shape index (κ2) is 3.10. The first-order chi connectivity index (χ1) is 7.34. The van der Waals surface area contributed by atoms with Crippen LogP contribution in [-0.4, -0.2) is 4.98 Å². The molecule has 0 fully saturated rings. The van der Waals surface area contributed by atoms with Crippen molar-refractivity contribution in [1.82, 2.24) is 4.98 Å². The first-order valence-electron chi connectivity index (χ1n) is 4.52. The molecule has 0 saturated carbocycles. The summed E-state index contributed by atoms with van der Waals surface area (Å²) < 4.78 is 6.26. The molecule has 15 heavy (non-hydrogen) atoms. The van der Waals surface area contributed by atoms with Gasteiger partial charge in [-0.25, -0.2) is 0 Å². The molecule has 0 amide bonds. The van der Waals surface area contributed by atoms with Crippen LogP contribution in [-0.2, 0) is 0 Å². The smallest absolute Gasteiger partial charge is 0.292 e. The molecule has 0 aliphatic carbocycles. The predicted molar refractivity (Wildman–Crippen MR) is 61.7 cm³/mol. The van der Waals surface area contributed by atoms with E-state index >= 15 is 0 Å². The third-order valence-electron chi connectivity index (χ3n) is 2.29. The highest BCUT2D eigenvalue weighted by atomic mass is 32.1. The molecule has 4 heteroatoms. The van der Waals surface area contributed by atoms with Crippen LogP contribution in [0, 0.1) is 0 Å². The zero-order valence-corrected chi connectivity index (χ0v) is 8.62. The highest BCUT2D eigenvalue weighted by molar-refractivity contribution is 7.17. The molecule has 0 unspecified atom stereocenters. The highest BCUT2D eigenvalue weighted by Crippen LogP contribution is 2.31. The number of aromatic nitrogens is 1. The van der Waals surface area contributed by atoms with Gasteiger partial charge in [-0.2, -0.15) is 4.98 Å². The zero-order chi connectivity index (χ0) is 10.3. The zero-order valence-electron chi connectivity index (χ0n) is 7.81. The van der Waals surface area contributed by atoms with E-state index in [0.29, 0.717) is 0 Å². The lowest BCUT2D eigenvalue weighted by Gasteiger charge is -1.97. The Bertz CT molecular complexity index is 612. The molecule has 2 N–H and O–H groups in total. The highest BCUT2D eigenvalue weighted by Gasteiger charge is 2.08. The van der Waals surface area contributed by atoms with Gasteiger partial charge >= 0.3 is 0 Å². The monoisotopic (exact) mass is 216 g/mol. The Hall–Kier alpha value is -1.81. The Morgan fingerprint density at radius 2 is 2.20 bits per heavy atom. The summed E-state index contributed by atoms with van der Waals surface area (Å²) in [5.41, 5.74) is 7.31. The Kier molecular flexibility index (Phi) is 1.76. The molecule has 1 aromatic carbocycles. The number of benzene rings is 1. The number of fused-ring (bicyclic) bond motifs is 1. The Labute approximate surface area is 90.2 Å². The summed E-state index contributed by atoms with van der Waals surface area (Å²) in [6.45, 7) is 0. The molecule has 3 rings (SSSR count). The first kappa shape index (κ1) is 8.49. The van der Waals surface area contributed by atoms with Crippen molar-refractivity contribution in [2.24, 2.45) is 0 Å². The van der Waals surface area contributed by atoms with Crippen molar-refractivity contribution in [3.8, 4) is 11.3 Å². The molecule has 2 heterocycles. The van der Waals surface area contributed by atoms with E-state index in [9.17, 15) is 0 Å². The van der Waals surface area contributed by atoms with Crippen LogP contribution in [0.25, 0.3) is 21.3 Å². The fraction of sp³-hybridized carbons (Fsp3) is 0. The Morgan fingerprint density at radius 1 is 1.27 bits per heavy atom. The molecule has 2 aromatic heterocycles. The summed E-state index contributed by atoms with van der Waals surface area (Å²) in [6, 6.07) is 8.41. The summed E-state index contributed by atoms with van der Waals surface area (Å²) in [5, 5.41) is 3.26. The number of hydrogen-bond donors (Lipinski definition) is 1. The van der Waals surface area contributed by atoms with Gasteiger partial charge in [-0.05, 0) is 17.5 Å². The van der Waals surface area contributed by atoms with Gasteiger partial charge in [0.05, 0.1) is 0 Å². The number of nitrogens with two attached hydrogens (primary N) is 1. The van der Waals surface area contributed by atoms with Gasteiger partial charge in [0.1, 0.15) is 12.0 Å². The lowest BCUT2D eigenvalue weighted by molar-refractivity contribution is 0.581. The normalized spacial score (nSPS) is 10.9. The topological polar surface area (TPSA) is 52.0 Å². The summed E-state index contributed by atoms with van der Waals surface area (Å²) in [7, 11) is 0. The lowest BCUT2D eigenvalue weighted by Crippen LogP contribution is -1.83. The van der Waals surface area contributed by atoms with Crippen molar-refractivity contribution in [2.75, 3.05) is 5.73 Å². The van der Waals surface area contributed by atoms with Crippen LogP contribution < -0.4 is 5.73 Å². The van der Waals surface area contributed by atoms with Crippen molar-refractivity contribution in [2.45, 2.75) is 0 Å². The molecule has 74 valence electrons. The molecule has 0 saturated heterocycles. The third-order valence-corrected chi connectivity index (χ3v) is 3.18. The molecular weight excluding hydrogens is 208 g/mol. The molecule has 0 radical (unpaired) electrons. The fourth-order valence-electron chi connectivity index (χ4n) is 1.63. The van der Waals surface area contributed by atoms with Crippen LogP contribution in [0.5, 0.6) is 0 Å². The Balaban J connectivity index is 2.30. The minimum atomic E-state index is 0.206. The van der Waals surface area contributed by atoms with Crippen molar-refractivity contribution < 1.29 is 4.42 Å². The molecule has 0 aliphatic rings. The lowest BCUT2D eigenvalue weighted by atomic mass is 10.1. The van der Waals surface area contributed by atoms with E-state index < -0.39 is 0 Å². The van der Waals surface area contributed by atoms with Crippen molar-refractivity contribution in [1.29, 1.82) is 0 Å². The van der Waals surface area contributed by atoms with Crippen molar-refractivity contribution in [3.05, 3.63) is 35.9 Å². The maximum absolute atomic E-state index is 5.46. The van der Waals surface area contributed by atoms with Gasteiger partial charge < -0.3 is 10.2 Å². The van der Waals surface area contributed by atoms with Gasteiger partial charge in [0.2, 0.25) is 0 Å². The fourth-order valence-corrected chi connectivity index (χ4v) is 2.44. The van der Waals surface area contributed by atoms with Crippen LogP contribution >= 0.6 is 11.3 Å². The number of rotatable bonds is 1. The Morgan fingerprint density at radius 3 is 3.00 bits per heavy atom. The minimum Gasteiger partial charge on any atom is -0.432 e. The molecule has 0 aliphatic heterocycles. The molecule has 0 atom stereocenters. The van der Waals surface area contributed by atoms with Gasteiger partial charge in [-0.1, -0.05) is 12.1 Å². The SMILES string of the molecule is Nc1nc(-c2cccc3sccc23)co1. The van der Waals surface area contributed by atoms with E-state index in [1.54, 1.807) is 17.6 Å². The average molecular weight is 216 g/mol. The third kappa shape index (κ3) is 1.30. The van der Waals surface area contributed by atoms with Crippen LogP contribution in [0.2, 0.25) is 0 Å². The summed E-state index contributed by atoms with van der Waals surface area (Å²) in [4.78, 5) is 4.13. The van der Waals surface area contributed by atoms with Crippen LogP contribution in [0.1, 0.15) is 0 Å². The van der Waals surface area contributed by atoms with E-state index in [2.05, 4.69) is 22.5 Å². The number of anilines is 1. The van der Waals surface area contributed by atoms with Crippen LogP contribution in [0.3, 0.4) is 0 Å². The van der Waals surface area contributed by atoms with Gasteiger partial charge in [0.15, 0.2) is 0 Å². The average Bonchev–Trinajstić information content (AvgIpc) is 2.84. The molecule has 3 nitrogen and oxygen atoms in total. The standard InChI is InChI=1S/C11H8N2OS/c12-11-13-9(6-14-11)7-2-1-3-10-8(7)4-5-15-10/h1-6H,(H2,12,13). The summed E-state index contributed by atoms with van der Waals surface area (Å²) >= 11 is 1.71. The first-order valence-corrected chi connectivity index (χ1v) is 5.40. The number of nitrogen functional groups attached to an aromatic ring is 1. The number of thiophene rings is 1. The largest absolute Gasteiger partial charge is 0.432 e. The summed E-state index contributed by atoms with van der Waals surface area (Å²) in [5.74, 6) is 0. The maximum Gasteiger partial charge on any atom is 0.292 e. The molecule has 3 aromatic rings. The number of nitrogens with zero attached hydrogens (tertiary/aromatic N) is 1. The van der Waals surface area contributed by atoms with E-state index in [4.69, 9.17) is 10.2 Å². The maximum atomic E-state index is 5.46. The van der Waals surface area contributed by atoms with E-state index in [0.717, 1.165) is 11.3 Å². The van der Waals surface area contributed by atoms with E-state index in [-0.39, 0.29) is 6.01 Å². The van der Waals surface area contributed by atoms with Gasteiger partial charge in [-0.15, -0.1) is 11.3 Å². The van der Waals surface area contributed by atoms with Crippen LogP contribution in [0.4, 0.5) is 6.01 Å². The minimum absolute atomic E-state index is 0.206. The molecular formula is C11H8N2OS. The number of hydrogen-bond acceptors (Lipinski definition) is 4. The van der Waals surface area contributed by atoms with Gasteiger partial charge in [-0.3, -0.25) is 0 Å².